The van der Waals surface area contributed by atoms with Crippen molar-refractivity contribution in [2.45, 2.75) is 30.7 Å². The smallest absolute Gasteiger partial charge is 0.261 e. The van der Waals surface area contributed by atoms with Crippen LogP contribution in [0.2, 0.25) is 0 Å². The van der Waals surface area contributed by atoms with Crippen molar-refractivity contribution in [2.24, 2.45) is 0 Å². The van der Waals surface area contributed by atoms with Gasteiger partial charge in [-0.15, -0.1) is 0 Å². The van der Waals surface area contributed by atoms with E-state index in [9.17, 15) is 13.2 Å². The van der Waals surface area contributed by atoms with Crippen LogP contribution >= 0.6 is 0 Å². The number of carbonyl (C=O) groups excluding carboxylic acids is 1. The van der Waals surface area contributed by atoms with Gasteiger partial charge in [0.05, 0.1) is 4.90 Å². The van der Waals surface area contributed by atoms with Gasteiger partial charge in [-0.1, -0.05) is 18.2 Å². The first kappa shape index (κ1) is 19.4. The number of hydrogen-bond donors (Lipinski definition) is 2. The normalized spacial score (nSPS) is 15.3. The first-order valence-corrected chi connectivity index (χ1v) is 10.5. The molecule has 1 aliphatic heterocycles. The topological polar surface area (TPSA) is 78.5 Å². The van der Waals surface area contributed by atoms with Gasteiger partial charge in [-0.2, -0.15) is 0 Å². The van der Waals surface area contributed by atoms with E-state index in [1.54, 1.807) is 42.3 Å². The molecule has 0 aromatic heterocycles. The largest absolute Gasteiger partial charge is 0.339 e. The van der Waals surface area contributed by atoms with Crippen molar-refractivity contribution < 1.29 is 13.2 Å². The van der Waals surface area contributed by atoms with Crippen molar-refractivity contribution in [1.82, 2.24) is 10.2 Å². The third-order valence-electron chi connectivity index (χ3n) is 4.84. The summed E-state index contributed by atoms with van der Waals surface area (Å²) in [5.41, 5.74) is 1.84. The van der Waals surface area contributed by atoms with Crippen LogP contribution in [0.25, 0.3) is 0 Å². The van der Waals surface area contributed by atoms with Gasteiger partial charge in [-0.3, -0.25) is 9.52 Å². The zero-order valence-electron chi connectivity index (χ0n) is 15.6. The Morgan fingerprint density at radius 2 is 1.81 bits per heavy atom. The second-order valence-corrected chi connectivity index (χ2v) is 8.58. The molecule has 27 heavy (non-hydrogen) atoms. The third-order valence-corrected chi connectivity index (χ3v) is 6.22. The Kier molecular flexibility index (Phi) is 5.82. The highest BCUT2D eigenvalue weighted by atomic mass is 32.2. The van der Waals surface area contributed by atoms with Crippen molar-refractivity contribution in [3.05, 3.63) is 59.7 Å². The fourth-order valence-corrected chi connectivity index (χ4v) is 4.38. The summed E-state index contributed by atoms with van der Waals surface area (Å²) in [4.78, 5) is 14.6. The Bertz CT molecular complexity index is 922. The van der Waals surface area contributed by atoms with Crippen LogP contribution in [0.15, 0.2) is 53.4 Å². The van der Waals surface area contributed by atoms with Crippen LogP contribution in [-0.4, -0.2) is 45.4 Å². The Morgan fingerprint density at radius 3 is 2.52 bits per heavy atom. The molecule has 1 aliphatic rings. The van der Waals surface area contributed by atoms with Gasteiger partial charge >= 0.3 is 0 Å². The number of aryl methyl sites for hydroxylation is 1. The number of piperidine rings is 1. The number of carbonyl (C=O) groups is 1. The number of anilines is 1. The summed E-state index contributed by atoms with van der Waals surface area (Å²) >= 11 is 0. The summed E-state index contributed by atoms with van der Waals surface area (Å²) in [6, 6.07) is 13.5. The van der Waals surface area contributed by atoms with Crippen LogP contribution in [0.1, 0.15) is 28.8 Å². The van der Waals surface area contributed by atoms with Gasteiger partial charge in [0.25, 0.3) is 15.9 Å². The molecule has 0 atom stereocenters. The maximum Gasteiger partial charge on any atom is 0.261 e. The molecule has 1 amide bonds. The van der Waals surface area contributed by atoms with Gasteiger partial charge in [-0.05, 0) is 68.8 Å². The summed E-state index contributed by atoms with van der Waals surface area (Å²) in [6.07, 6.45) is 1.80. The average molecular weight is 388 g/mol. The Labute approximate surface area is 160 Å². The first-order valence-electron chi connectivity index (χ1n) is 9.04. The number of amides is 1. The van der Waals surface area contributed by atoms with E-state index in [2.05, 4.69) is 10.0 Å². The minimum absolute atomic E-state index is 0.0774. The number of nitrogens with zero attached hydrogens (tertiary/aromatic N) is 1. The van der Waals surface area contributed by atoms with Crippen LogP contribution in [0.3, 0.4) is 0 Å². The van der Waals surface area contributed by atoms with Crippen LogP contribution in [0, 0.1) is 6.92 Å². The fourth-order valence-electron chi connectivity index (χ4n) is 3.28. The predicted molar refractivity (Wildman–Crippen MR) is 106 cm³/mol. The number of sulfonamides is 1. The highest BCUT2D eigenvalue weighted by Gasteiger charge is 2.24. The standard InChI is InChI=1S/C20H25N3O3S/c1-15-5-3-7-17(13-15)22-27(25,26)19-8-4-6-16(14-19)20(24)23(2)18-9-11-21-12-10-18/h3-8,13-14,18,21-22H,9-12H2,1-2H3. The van der Waals surface area contributed by atoms with E-state index in [-0.39, 0.29) is 16.8 Å². The van der Waals surface area contributed by atoms with Crippen LogP contribution in [0.4, 0.5) is 5.69 Å². The second kappa shape index (κ2) is 8.10. The highest BCUT2D eigenvalue weighted by Crippen LogP contribution is 2.20. The van der Waals surface area contributed by atoms with E-state index in [0.29, 0.717) is 11.3 Å². The number of rotatable bonds is 5. The summed E-state index contributed by atoms with van der Waals surface area (Å²) in [7, 11) is -1.99. The molecule has 1 fully saturated rings. The van der Waals surface area contributed by atoms with E-state index in [1.165, 1.54) is 12.1 Å². The van der Waals surface area contributed by atoms with Crippen molar-refractivity contribution in [3.63, 3.8) is 0 Å². The monoisotopic (exact) mass is 387 g/mol. The van der Waals surface area contributed by atoms with Crippen LogP contribution in [0.5, 0.6) is 0 Å². The Balaban J connectivity index is 1.80. The second-order valence-electron chi connectivity index (χ2n) is 6.90. The third kappa shape index (κ3) is 4.67. The first-order chi connectivity index (χ1) is 12.9. The maximum absolute atomic E-state index is 12.8. The molecule has 6 nitrogen and oxygen atoms in total. The van der Waals surface area contributed by atoms with Crippen molar-refractivity contribution in [1.29, 1.82) is 0 Å². The molecule has 7 heteroatoms. The van der Waals surface area contributed by atoms with Gasteiger partial charge in [-0.25, -0.2) is 8.42 Å². The summed E-state index contributed by atoms with van der Waals surface area (Å²) in [5, 5.41) is 3.28. The lowest BCUT2D eigenvalue weighted by atomic mass is 10.0. The van der Waals surface area contributed by atoms with Gasteiger partial charge in [0.1, 0.15) is 0 Å². The molecule has 0 unspecified atom stereocenters. The van der Waals surface area contributed by atoms with E-state index in [4.69, 9.17) is 0 Å². The molecule has 2 N–H and O–H groups in total. The molecule has 0 radical (unpaired) electrons. The lowest BCUT2D eigenvalue weighted by Gasteiger charge is -2.31. The lowest BCUT2D eigenvalue weighted by Crippen LogP contribution is -2.44. The Hall–Kier alpha value is -2.38. The van der Waals surface area contributed by atoms with Gasteiger partial charge in [0.15, 0.2) is 0 Å². The number of nitrogens with one attached hydrogen (secondary N) is 2. The zero-order chi connectivity index (χ0) is 19.4. The zero-order valence-corrected chi connectivity index (χ0v) is 16.4. The molecule has 0 bridgehead atoms. The molecule has 0 spiro atoms. The molecule has 2 aromatic rings. The fraction of sp³-hybridized carbons (Fsp3) is 0.350. The van der Waals surface area contributed by atoms with Gasteiger partial charge < -0.3 is 10.2 Å². The summed E-state index contributed by atoms with van der Waals surface area (Å²) < 4.78 is 28.0. The molecule has 0 saturated carbocycles. The molecule has 144 valence electrons. The van der Waals surface area contributed by atoms with Crippen molar-refractivity contribution >= 4 is 21.6 Å². The van der Waals surface area contributed by atoms with E-state index in [1.807, 2.05) is 13.0 Å². The molecule has 1 heterocycles. The molecule has 3 rings (SSSR count). The minimum Gasteiger partial charge on any atom is -0.339 e. The molecular formula is C20H25N3O3S. The number of hydrogen-bond acceptors (Lipinski definition) is 4. The van der Waals surface area contributed by atoms with Crippen molar-refractivity contribution in [3.8, 4) is 0 Å². The molecule has 1 saturated heterocycles. The van der Waals surface area contributed by atoms with E-state index < -0.39 is 10.0 Å². The molecule has 2 aromatic carbocycles. The average Bonchev–Trinajstić information content (AvgIpc) is 2.67. The maximum atomic E-state index is 12.8. The van der Waals surface area contributed by atoms with Gasteiger partial charge in [0, 0.05) is 24.3 Å². The minimum atomic E-state index is -3.77. The molecule has 0 aliphatic carbocycles. The number of benzene rings is 2. The Morgan fingerprint density at radius 1 is 1.11 bits per heavy atom. The summed E-state index contributed by atoms with van der Waals surface area (Å²) in [5.74, 6) is -0.158. The SMILES string of the molecule is Cc1cccc(NS(=O)(=O)c2cccc(C(=O)N(C)C3CCNCC3)c2)c1. The lowest BCUT2D eigenvalue weighted by molar-refractivity contribution is 0.0703. The van der Waals surface area contributed by atoms with Gasteiger partial charge in [0.2, 0.25) is 0 Å². The van der Waals surface area contributed by atoms with E-state index >= 15 is 0 Å². The van der Waals surface area contributed by atoms with Crippen LogP contribution < -0.4 is 10.0 Å². The highest BCUT2D eigenvalue weighted by molar-refractivity contribution is 7.92. The predicted octanol–water partition coefficient (Wildman–Crippen LogP) is 2.62. The quantitative estimate of drug-likeness (QED) is 0.827. The van der Waals surface area contributed by atoms with E-state index in [0.717, 1.165) is 31.5 Å². The molecular weight excluding hydrogens is 362 g/mol. The van der Waals surface area contributed by atoms with Crippen molar-refractivity contribution in [2.75, 3.05) is 24.9 Å². The summed E-state index contributed by atoms with van der Waals surface area (Å²) in [6.45, 7) is 3.67. The van der Waals surface area contributed by atoms with Crippen LogP contribution in [-0.2, 0) is 10.0 Å².